The summed E-state index contributed by atoms with van der Waals surface area (Å²) in [5, 5.41) is 0. The molecule has 20 heavy (non-hydrogen) atoms. The maximum atomic E-state index is 11.8. The Bertz CT molecular complexity index is 520. The third-order valence-corrected chi connectivity index (χ3v) is 3.28. The molecule has 0 bridgehead atoms. The summed E-state index contributed by atoms with van der Waals surface area (Å²) in [6, 6.07) is 19.5. The molecular formula is C18H20O2. The van der Waals surface area contributed by atoms with Gasteiger partial charge in [0.15, 0.2) is 0 Å². The number of esters is 1. The van der Waals surface area contributed by atoms with Crippen molar-refractivity contribution in [3.05, 3.63) is 71.8 Å². The molecule has 0 aliphatic carbocycles. The third-order valence-electron chi connectivity index (χ3n) is 3.28. The topological polar surface area (TPSA) is 26.3 Å². The molecule has 0 radical (unpaired) electrons. The molecule has 0 aromatic heterocycles. The van der Waals surface area contributed by atoms with Crippen LogP contribution in [0.1, 0.15) is 29.3 Å². The van der Waals surface area contributed by atoms with Crippen LogP contribution in [0.4, 0.5) is 0 Å². The van der Waals surface area contributed by atoms with Gasteiger partial charge in [-0.25, -0.2) is 4.79 Å². The fraction of sp³-hybridized carbons (Fsp3) is 0.278. The van der Waals surface area contributed by atoms with Crippen LogP contribution < -0.4 is 0 Å². The van der Waals surface area contributed by atoms with Crippen molar-refractivity contribution < 1.29 is 9.53 Å². The number of benzene rings is 2. The second-order valence-electron chi connectivity index (χ2n) is 5.09. The largest absolute Gasteiger partial charge is 0.462 e. The molecule has 0 amide bonds. The van der Waals surface area contributed by atoms with E-state index in [1.807, 2.05) is 24.3 Å². The quantitative estimate of drug-likeness (QED) is 0.737. The van der Waals surface area contributed by atoms with Gasteiger partial charge in [-0.1, -0.05) is 55.5 Å². The van der Waals surface area contributed by atoms with Gasteiger partial charge in [-0.05, 0) is 36.5 Å². The zero-order valence-corrected chi connectivity index (χ0v) is 11.8. The van der Waals surface area contributed by atoms with Gasteiger partial charge in [-0.3, -0.25) is 0 Å². The monoisotopic (exact) mass is 268 g/mol. The molecule has 2 aromatic rings. The molecule has 2 rings (SSSR count). The van der Waals surface area contributed by atoms with Crippen LogP contribution in [0.15, 0.2) is 60.7 Å². The van der Waals surface area contributed by atoms with Gasteiger partial charge in [-0.2, -0.15) is 0 Å². The Morgan fingerprint density at radius 3 is 2.25 bits per heavy atom. The molecule has 0 aliphatic rings. The van der Waals surface area contributed by atoms with Crippen LogP contribution in [0.25, 0.3) is 0 Å². The fourth-order valence-electron chi connectivity index (χ4n) is 2.02. The molecule has 0 aliphatic heterocycles. The van der Waals surface area contributed by atoms with Crippen molar-refractivity contribution in [1.29, 1.82) is 0 Å². The van der Waals surface area contributed by atoms with Gasteiger partial charge in [0.1, 0.15) is 0 Å². The summed E-state index contributed by atoms with van der Waals surface area (Å²) in [7, 11) is 0. The van der Waals surface area contributed by atoms with Crippen LogP contribution in [0.5, 0.6) is 0 Å². The van der Waals surface area contributed by atoms with Crippen LogP contribution in [-0.2, 0) is 11.2 Å². The van der Waals surface area contributed by atoms with E-state index < -0.39 is 0 Å². The van der Waals surface area contributed by atoms with Crippen LogP contribution >= 0.6 is 0 Å². The van der Waals surface area contributed by atoms with Gasteiger partial charge in [-0.15, -0.1) is 0 Å². The second-order valence-corrected chi connectivity index (χ2v) is 5.09. The minimum atomic E-state index is -0.239. The molecule has 0 saturated carbocycles. The summed E-state index contributed by atoms with van der Waals surface area (Å²) in [4.78, 5) is 11.8. The van der Waals surface area contributed by atoms with Gasteiger partial charge < -0.3 is 4.74 Å². The predicted molar refractivity (Wildman–Crippen MR) is 80.7 cm³/mol. The van der Waals surface area contributed by atoms with Crippen molar-refractivity contribution in [2.75, 3.05) is 6.61 Å². The first-order valence-corrected chi connectivity index (χ1v) is 7.02. The molecule has 2 nitrogen and oxygen atoms in total. The number of ether oxygens (including phenoxy) is 1. The first-order valence-electron chi connectivity index (χ1n) is 7.02. The smallest absolute Gasteiger partial charge is 0.338 e. The molecule has 0 fully saturated rings. The Hall–Kier alpha value is -2.09. The highest BCUT2D eigenvalue weighted by molar-refractivity contribution is 5.89. The van der Waals surface area contributed by atoms with Gasteiger partial charge >= 0.3 is 5.97 Å². The normalized spacial score (nSPS) is 11.8. The molecular weight excluding hydrogens is 248 g/mol. The lowest BCUT2D eigenvalue weighted by Gasteiger charge is -2.12. The van der Waals surface area contributed by atoms with Gasteiger partial charge in [0.2, 0.25) is 0 Å². The van der Waals surface area contributed by atoms with Crippen LogP contribution in [0, 0.1) is 5.92 Å². The van der Waals surface area contributed by atoms with Crippen molar-refractivity contribution in [3.8, 4) is 0 Å². The van der Waals surface area contributed by atoms with E-state index in [0.29, 0.717) is 18.1 Å². The molecule has 0 N–H and O–H groups in total. The number of hydrogen-bond donors (Lipinski definition) is 0. The lowest BCUT2D eigenvalue weighted by molar-refractivity contribution is 0.0444. The van der Waals surface area contributed by atoms with Gasteiger partial charge in [0.05, 0.1) is 12.2 Å². The maximum absolute atomic E-state index is 11.8. The molecule has 0 spiro atoms. The number of carbonyl (C=O) groups excluding carboxylic acids is 1. The highest BCUT2D eigenvalue weighted by atomic mass is 16.5. The van der Waals surface area contributed by atoms with E-state index in [-0.39, 0.29) is 5.97 Å². The zero-order chi connectivity index (χ0) is 14.2. The van der Waals surface area contributed by atoms with Crippen molar-refractivity contribution in [3.63, 3.8) is 0 Å². The minimum absolute atomic E-state index is 0.239. The first kappa shape index (κ1) is 14.3. The Labute approximate surface area is 120 Å². The zero-order valence-electron chi connectivity index (χ0n) is 11.8. The summed E-state index contributed by atoms with van der Waals surface area (Å²) >= 11 is 0. The molecule has 0 saturated heterocycles. The van der Waals surface area contributed by atoms with E-state index in [1.54, 1.807) is 12.1 Å². The second kappa shape index (κ2) is 7.49. The van der Waals surface area contributed by atoms with Gasteiger partial charge in [0, 0.05) is 0 Å². The Balaban J connectivity index is 1.73. The summed E-state index contributed by atoms with van der Waals surface area (Å²) in [5.41, 5.74) is 1.94. The van der Waals surface area contributed by atoms with Crippen molar-refractivity contribution in [2.45, 2.75) is 19.8 Å². The Morgan fingerprint density at radius 2 is 1.60 bits per heavy atom. The van der Waals surface area contributed by atoms with E-state index in [4.69, 9.17) is 4.74 Å². The van der Waals surface area contributed by atoms with E-state index in [2.05, 4.69) is 31.2 Å². The third kappa shape index (κ3) is 4.54. The van der Waals surface area contributed by atoms with Crippen molar-refractivity contribution in [2.24, 2.45) is 5.92 Å². The van der Waals surface area contributed by atoms with Crippen LogP contribution in [-0.4, -0.2) is 12.6 Å². The average Bonchev–Trinajstić information content (AvgIpc) is 2.52. The highest BCUT2D eigenvalue weighted by Crippen LogP contribution is 2.11. The lowest BCUT2D eigenvalue weighted by atomic mass is 10.0. The summed E-state index contributed by atoms with van der Waals surface area (Å²) in [6.45, 7) is 2.59. The van der Waals surface area contributed by atoms with Crippen molar-refractivity contribution >= 4 is 5.97 Å². The van der Waals surface area contributed by atoms with Gasteiger partial charge in [0.25, 0.3) is 0 Å². The lowest BCUT2D eigenvalue weighted by Crippen LogP contribution is -2.12. The predicted octanol–water partition coefficient (Wildman–Crippen LogP) is 4.11. The Kier molecular flexibility index (Phi) is 5.36. The fourth-order valence-corrected chi connectivity index (χ4v) is 2.02. The van der Waals surface area contributed by atoms with E-state index >= 15 is 0 Å². The minimum Gasteiger partial charge on any atom is -0.462 e. The maximum Gasteiger partial charge on any atom is 0.338 e. The number of rotatable bonds is 6. The number of aryl methyl sites for hydroxylation is 1. The van der Waals surface area contributed by atoms with Crippen LogP contribution in [0.3, 0.4) is 0 Å². The molecule has 2 aromatic carbocycles. The summed E-state index contributed by atoms with van der Waals surface area (Å²) < 4.78 is 5.34. The van der Waals surface area contributed by atoms with Crippen LogP contribution in [0.2, 0.25) is 0 Å². The van der Waals surface area contributed by atoms with E-state index in [0.717, 1.165) is 12.8 Å². The number of carbonyl (C=O) groups is 1. The van der Waals surface area contributed by atoms with E-state index in [1.165, 1.54) is 5.56 Å². The first-order chi connectivity index (χ1) is 9.75. The molecule has 1 atom stereocenters. The Morgan fingerprint density at radius 1 is 1.00 bits per heavy atom. The van der Waals surface area contributed by atoms with Crippen molar-refractivity contribution in [1.82, 2.24) is 0 Å². The highest BCUT2D eigenvalue weighted by Gasteiger charge is 2.09. The average molecular weight is 268 g/mol. The molecule has 104 valence electrons. The standard InChI is InChI=1S/C18H20O2/c1-15(12-13-16-8-4-2-5-9-16)14-20-18(19)17-10-6-3-7-11-17/h2-11,15H,12-14H2,1H3. The molecule has 0 heterocycles. The number of hydrogen-bond acceptors (Lipinski definition) is 2. The van der Waals surface area contributed by atoms with E-state index in [9.17, 15) is 4.79 Å². The SMILES string of the molecule is CC(CCc1ccccc1)COC(=O)c1ccccc1. The molecule has 2 heteroatoms. The summed E-state index contributed by atoms with van der Waals surface area (Å²) in [5.74, 6) is 0.125. The molecule has 1 unspecified atom stereocenters. The summed E-state index contributed by atoms with van der Waals surface area (Å²) in [6.07, 6.45) is 2.04.